The summed E-state index contributed by atoms with van der Waals surface area (Å²) in [7, 11) is -0.749. The number of fused-ring (bicyclic) bond motifs is 1. The number of hydrogen-bond acceptors (Lipinski definition) is 3. The monoisotopic (exact) mass is 293 g/mol. The summed E-state index contributed by atoms with van der Waals surface area (Å²) in [6.07, 6.45) is 4.67. The second-order valence-corrected chi connectivity index (χ2v) is 6.87. The molecule has 0 saturated heterocycles. The van der Waals surface area contributed by atoms with Crippen molar-refractivity contribution in [2.45, 2.75) is 39.2 Å². The van der Waals surface area contributed by atoms with E-state index in [-0.39, 0.29) is 0 Å². The molecular weight excluding hydrogens is 270 g/mol. The van der Waals surface area contributed by atoms with Crippen LogP contribution < -0.4 is 5.73 Å². The minimum Gasteiger partial charge on any atom is -0.399 e. The Kier molecular flexibility index (Phi) is 4.81. The largest absolute Gasteiger partial charge is 0.399 e. The molecule has 2 unspecified atom stereocenters. The number of nitrogens with zero attached hydrogens (tertiary/aromatic N) is 2. The van der Waals surface area contributed by atoms with Crippen molar-refractivity contribution in [3.8, 4) is 0 Å². The highest BCUT2D eigenvalue weighted by molar-refractivity contribution is 7.84. The number of aryl methyl sites for hydroxylation is 1. The zero-order valence-corrected chi connectivity index (χ0v) is 13.2. The lowest BCUT2D eigenvalue weighted by molar-refractivity contribution is 0.521. The molecule has 0 amide bonds. The molecule has 2 rings (SSSR count). The number of rotatable bonds is 6. The summed E-state index contributed by atoms with van der Waals surface area (Å²) in [4.78, 5) is 4.72. The smallest absolute Gasteiger partial charge is 0.110 e. The molecular formula is C15H23N3OS. The van der Waals surface area contributed by atoms with Gasteiger partial charge in [0, 0.05) is 41.0 Å². The normalized spacial score (nSPS) is 14.6. The summed E-state index contributed by atoms with van der Waals surface area (Å²) < 4.78 is 13.6. The summed E-state index contributed by atoms with van der Waals surface area (Å²) in [6, 6.07) is 6.18. The van der Waals surface area contributed by atoms with Gasteiger partial charge in [0.25, 0.3) is 0 Å². The molecule has 0 fully saturated rings. The Morgan fingerprint density at radius 2 is 2.20 bits per heavy atom. The Hall–Kier alpha value is -1.36. The first-order valence-electron chi connectivity index (χ1n) is 7.09. The van der Waals surface area contributed by atoms with Crippen LogP contribution in [-0.2, 0) is 17.2 Å². The number of imidazole rings is 1. The van der Waals surface area contributed by atoms with E-state index in [1.807, 2.05) is 18.2 Å². The molecule has 1 aromatic heterocycles. The van der Waals surface area contributed by atoms with Gasteiger partial charge in [-0.1, -0.05) is 6.92 Å². The maximum Gasteiger partial charge on any atom is 0.110 e. The Balaban J connectivity index is 2.42. The molecule has 2 atom stereocenters. The van der Waals surface area contributed by atoms with Gasteiger partial charge in [-0.25, -0.2) is 4.98 Å². The maximum absolute atomic E-state index is 11.3. The van der Waals surface area contributed by atoms with Crippen LogP contribution in [0.4, 0.5) is 5.69 Å². The van der Waals surface area contributed by atoms with Crippen LogP contribution in [0.5, 0.6) is 0 Å². The lowest BCUT2D eigenvalue weighted by atomic mass is 10.2. The molecule has 1 aromatic carbocycles. The maximum atomic E-state index is 11.3. The van der Waals surface area contributed by atoms with Gasteiger partial charge in [-0.3, -0.25) is 4.21 Å². The van der Waals surface area contributed by atoms with Gasteiger partial charge in [0.2, 0.25) is 0 Å². The zero-order chi connectivity index (χ0) is 14.7. The molecule has 0 aliphatic carbocycles. The molecule has 0 aliphatic heterocycles. The molecule has 4 nitrogen and oxygen atoms in total. The van der Waals surface area contributed by atoms with Crippen molar-refractivity contribution in [3.05, 3.63) is 24.0 Å². The predicted molar refractivity (Wildman–Crippen MR) is 86.4 cm³/mol. The topological polar surface area (TPSA) is 60.9 Å². The molecule has 2 aromatic rings. The fourth-order valence-corrected chi connectivity index (χ4v) is 3.20. The van der Waals surface area contributed by atoms with E-state index in [2.05, 4.69) is 18.4 Å². The zero-order valence-electron chi connectivity index (χ0n) is 12.4. The van der Waals surface area contributed by atoms with Gasteiger partial charge >= 0.3 is 0 Å². The van der Waals surface area contributed by atoms with Crippen molar-refractivity contribution in [1.82, 2.24) is 9.55 Å². The van der Waals surface area contributed by atoms with Crippen molar-refractivity contribution in [1.29, 1.82) is 0 Å². The van der Waals surface area contributed by atoms with Crippen LogP contribution >= 0.6 is 0 Å². The average Bonchev–Trinajstić information content (AvgIpc) is 2.73. The standard InChI is InChI=1S/C15H23N3OS/c1-4-5-15-17-13-10-12(16)6-7-14(13)18(15)11(2)8-9-20(3)19/h6-7,10-11H,4-5,8-9,16H2,1-3H3. The fourth-order valence-electron chi connectivity index (χ4n) is 2.52. The second-order valence-electron chi connectivity index (χ2n) is 5.31. The van der Waals surface area contributed by atoms with Crippen molar-refractivity contribution in [2.75, 3.05) is 17.7 Å². The number of hydrogen-bond donors (Lipinski definition) is 1. The van der Waals surface area contributed by atoms with Crippen molar-refractivity contribution >= 4 is 27.5 Å². The highest BCUT2D eigenvalue weighted by Gasteiger charge is 2.15. The van der Waals surface area contributed by atoms with E-state index in [0.717, 1.165) is 47.6 Å². The van der Waals surface area contributed by atoms with Crippen LogP contribution in [0.15, 0.2) is 18.2 Å². The Morgan fingerprint density at radius 1 is 1.45 bits per heavy atom. The Morgan fingerprint density at radius 3 is 2.85 bits per heavy atom. The molecule has 110 valence electrons. The summed E-state index contributed by atoms with van der Waals surface area (Å²) in [5.41, 5.74) is 8.66. The fraction of sp³-hybridized carbons (Fsp3) is 0.533. The predicted octanol–water partition coefficient (Wildman–Crippen LogP) is 2.90. The van der Waals surface area contributed by atoms with E-state index in [0.29, 0.717) is 6.04 Å². The van der Waals surface area contributed by atoms with Gasteiger partial charge in [-0.05, 0) is 38.0 Å². The molecule has 0 spiro atoms. The van der Waals surface area contributed by atoms with E-state index in [9.17, 15) is 4.21 Å². The molecule has 0 saturated carbocycles. The van der Waals surface area contributed by atoms with Gasteiger partial charge in [0.1, 0.15) is 5.82 Å². The van der Waals surface area contributed by atoms with Crippen LogP contribution in [0.25, 0.3) is 11.0 Å². The van der Waals surface area contributed by atoms with Crippen LogP contribution in [0, 0.1) is 0 Å². The van der Waals surface area contributed by atoms with E-state index < -0.39 is 10.8 Å². The van der Waals surface area contributed by atoms with Gasteiger partial charge in [-0.15, -0.1) is 0 Å². The quantitative estimate of drug-likeness (QED) is 0.833. The summed E-state index contributed by atoms with van der Waals surface area (Å²) >= 11 is 0. The van der Waals surface area contributed by atoms with Crippen LogP contribution in [0.2, 0.25) is 0 Å². The van der Waals surface area contributed by atoms with E-state index >= 15 is 0 Å². The lowest BCUT2D eigenvalue weighted by Gasteiger charge is -2.17. The first kappa shape index (κ1) is 15.0. The molecule has 0 radical (unpaired) electrons. The third kappa shape index (κ3) is 3.20. The molecule has 0 aliphatic rings. The Labute approximate surface area is 122 Å². The molecule has 0 bridgehead atoms. The lowest BCUT2D eigenvalue weighted by Crippen LogP contribution is -2.12. The molecule has 1 heterocycles. The van der Waals surface area contributed by atoms with Gasteiger partial charge < -0.3 is 10.3 Å². The molecule has 5 heteroatoms. The number of benzene rings is 1. The first-order valence-corrected chi connectivity index (χ1v) is 8.82. The van der Waals surface area contributed by atoms with Crippen LogP contribution in [0.3, 0.4) is 0 Å². The van der Waals surface area contributed by atoms with E-state index in [4.69, 9.17) is 10.7 Å². The third-order valence-electron chi connectivity index (χ3n) is 3.52. The number of nitrogens with two attached hydrogens (primary N) is 1. The number of aromatic nitrogens is 2. The highest BCUT2D eigenvalue weighted by atomic mass is 32.2. The second kappa shape index (κ2) is 6.39. The van der Waals surface area contributed by atoms with E-state index in [1.165, 1.54) is 0 Å². The van der Waals surface area contributed by atoms with Gasteiger partial charge in [0.05, 0.1) is 11.0 Å². The summed E-state index contributed by atoms with van der Waals surface area (Å²) in [5, 5.41) is 0. The van der Waals surface area contributed by atoms with Crippen LogP contribution in [0.1, 0.15) is 38.6 Å². The average molecular weight is 293 g/mol. The van der Waals surface area contributed by atoms with Gasteiger partial charge in [0.15, 0.2) is 0 Å². The SMILES string of the molecule is CCCc1nc2cc(N)ccc2n1C(C)CCS(C)=O. The highest BCUT2D eigenvalue weighted by Crippen LogP contribution is 2.25. The molecule has 20 heavy (non-hydrogen) atoms. The van der Waals surface area contributed by atoms with Crippen molar-refractivity contribution in [2.24, 2.45) is 0 Å². The first-order chi connectivity index (χ1) is 9.52. The summed E-state index contributed by atoms with van der Waals surface area (Å²) in [6.45, 7) is 4.33. The van der Waals surface area contributed by atoms with Crippen molar-refractivity contribution in [3.63, 3.8) is 0 Å². The minimum atomic E-state index is -0.749. The Bertz CT molecular complexity index is 621. The minimum absolute atomic E-state index is 0.300. The number of anilines is 1. The summed E-state index contributed by atoms with van der Waals surface area (Å²) in [5.74, 6) is 1.82. The third-order valence-corrected chi connectivity index (χ3v) is 4.33. The van der Waals surface area contributed by atoms with Crippen molar-refractivity contribution < 1.29 is 4.21 Å². The van der Waals surface area contributed by atoms with Gasteiger partial charge in [-0.2, -0.15) is 0 Å². The van der Waals surface area contributed by atoms with E-state index in [1.54, 1.807) is 6.26 Å². The number of nitrogen functional groups attached to an aromatic ring is 1. The molecule has 2 N–H and O–H groups in total. The van der Waals surface area contributed by atoms with Crippen LogP contribution in [-0.4, -0.2) is 25.8 Å².